The zero-order valence-corrected chi connectivity index (χ0v) is 15.6. The highest BCUT2D eigenvalue weighted by Crippen LogP contribution is 2.17. The number of carbonyl (C=O) groups is 2. The van der Waals surface area contributed by atoms with Crippen LogP contribution in [-0.4, -0.2) is 22.7 Å². The van der Waals surface area contributed by atoms with E-state index in [2.05, 4.69) is 20.9 Å². The van der Waals surface area contributed by atoms with E-state index in [4.69, 9.17) is 4.74 Å². The molecule has 2 rings (SSSR count). The van der Waals surface area contributed by atoms with Crippen molar-refractivity contribution in [3.63, 3.8) is 0 Å². The van der Waals surface area contributed by atoms with Gasteiger partial charge in [-0.05, 0) is 58.9 Å². The first-order valence-electron chi connectivity index (χ1n) is 8.25. The van der Waals surface area contributed by atoms with Gasteiger partial charge in [0.25, 0.3) is 0 Å². The van der Waals surface area contributed by atoms with Gasteiger partial charge in [0.15, 0.2) is 0 Å². The lowest BCUT2D eigenvalue weighted by Crippen LogP contribution is -2.27. The maximum absolute atomic E-state index is 12.1. The standard InChI is InChI=1S/C19H24N4O3/c1-12-6-8-14(9-7-12)21-17(24)22-15-10-11-16(20-13(15)2)23-18(25)26-19(3,4)5/h6-11H,1-5H3,(H,20,23,25)(H2,21,22,24). The number of nitrogens with zero attached hydrogens (tertiary/aromatic N) is 1. The highest BCUT2D eigenvalue weighted by molar-refractivity contribution is 6.00. The number of aromatic nitrogens is 1. The van der Waals surface area contributed by atoms with E-state index in [1.165, 1.54) is 0 Å². The largest absolute Gasteiger partial charge is 0.444 e. The number of urea groups is 1. The molecule has 0 spiro atoms. The summed E-state index contributed by atoms with van der Waals surface area (Å²) in [4.78, 5) is 28.1. The monoisotopic (exact) mass is 356 g/mol. The summed E-state index contributed by atoms with van der Waals surface area (Å²) in [6, 6.07) is 10.4. The Labute approximate surface area is 153 Å². The predicted molar refractivity (Wildman–Crippen MR) is 103 cm³/mol. The van der Waals surface area contributed by atoms with Crippen LogP contribution >= 0.6 is 0 Å². The van der Waals surface area contributed by atoms with Crippen molar-refractivity contribution >= 4 is 29.3 Å². The number of aryl methyl sites for hydroxylation is 2. The minimum absolute atomic E-state index is 0.348. The van der Waals surface area contributed by atoms with Crippen molar-refractivity contribution in [3.05, 3.63) is 47.7 Å². The summed E-state index contributed by atoms with van der Waals surface area (Å²) < 4.78 is 5.18. The fourth-order valence-electron chi connectivity index (χ4n) is 2.09. The van der Waals surface area contributed by atoms with Gasteiger partial charge in [0.1, 0.15) is 11.4 Å². The van der Waals surface area contributed by atoms with Crippen molar-refractivity contribution in [2.75, 3.05) is 16.0 Å². The highest BCUT2D eigenvalue weighted by atomic mass is 16.6. The predicted octanol–water partition coefficient (Wildman–Crippen LogP) is 4.69. The van der Waals surface area contributed by atoms with Gasteiger partial charge in [0.2, 0.25) is 0 Å². The quantitative estimate of drug-likeness (QED) is 0.744. The summed E-state index contributed by atoms with van der Waals surface area (Å²) in [6.07, 6.45) is -0.581. The van der Waals surface area contributed by atoms with Crippen LogP contribution in [0.1, 0.15) is 32.0 Å². The van der Waals surface area contributed by atoms with E-state index < -0.39 is 11.7 Å². The first-order valence-corrected chi connectivity index (χ1v) is 8.25. The average molecular weight is 356 g/mol. The summed E-state index contributed by atoms with van der Waals surface area (Å²) in [5.74, 6) is 0.348. The van der Waals surface area contributed by atoms with E-state index in [1.54, 1.807) is 39.8 Å². The Hall–Kier alpha value is -3.09. The Morgan fingerprint density at radius 2 is 1.58 bits per heavy atom. The van der Waals surface area contributed by atoms with Crippen molar-refractivity contribution in [1.82, 2.24) is 4.98 Å². The molecule has 0 fully saturated rings. The molecule has 2 aromatic rings. The van der Waals surface area contributed by atoms with E-state index in [1.807, 2.05) is 31.2 Å². The second-order valence-electron chi connectivity index (χ2n) is 6.90. The molecule has 3 amide bonds. The van der Waals surface area contributed by atoms with Gasteiger partial charge in [-0.3, -0.25) is 5.32 Å². The van der Waals surface area contributed by atoms with Gasteiger partial charge in [-0.25, -0.2) is 14.6 Å². The molecule has 0 bridgehead atoms. The van der Waals surface area contributed by atoms with Crippen molar-refractivity contribution < 1.29 is 14.3 Å². The molecule has 0 saturated carbocycles. The van der Waals surface area contributed by atoms with Gasteiger partial charge in [-0.2, -0.15) is 0 Å². The minimum atomic E-state index is -0.589. The summed E-state index contributed by atoms with van der Waals surface area (Å²) >= 11 is 0. The van der Waals surface area contributed by atoms with Crippen LogP contribution in [0.4, 0.5) is 26.8 Å². The van der Waals surface area contributed by atoms with Gasteiger partial charge in [0.05, 0.1) is 11.4 Å². The second-order valence-corrected chi connectivity index (χ2v) is 6.90. The van der Waals surface area contributed by atoms with Crippen LogP contribution in [0, 0.1) is 13.8 Å². The van der Waals surface area contributed by atoms with Crippen LogP contribution in [0.25, 0.3) is 0 Å². The SMILES string of the molecule is Cc1ccc(NC(=O)Nc2ccc(NC(=O)OC(C)(C)C)nc2C)cc1. The number of carbonyl (C=O) groups excluding carboxylic acids is 2. The van der Waals surface area contributed by atoms with E-state index in [9.17, 15) is 9.59 Å². The van der Waals surface area contributed by atoms with E-state index >= 15 is 0 Å². The first-order chi connectivity index (χ1) is 12.1. The smallest absolute Gasteiger partial charge is 0.413 e. The highest BCUT2D eigenvalue weighted by Gasteiger charge is 2.17. The number of hydrogen-bond acceptors (Lipinski definition) is 4. The first kappa shape index (κ1) is 19.2. The Balaban J connectivity index is 1.97. The molecule has 0 aliphatic rings. The van der Waals surface area contributed by atoms with Gasteiger partial charge < -0.3 is 15.4 Å². The summed E-state index contributed by atoms with van der Waals surface area (Å²) in [6.45, 7) is 9.06. The van der Waals surface area contributed by atoms with Crippen molar-refractivity contribution in [2.24, 2.45) is 0 Å². The molecule has 7 nitrogen and oxygen atoms in total. The fraction of sp³-hybridized carbons (Fsp3) is 0.316. The second kappa shape index (κ2) is 7.86. The lowest BCUT2D eigenvalue weighted by molar-refractivity contribution is 0.0635. The van der Waals surface area contributed by atoms with E-state index in [-0.39, 0.29) is 6.03 Å². The number of nitrogens with one attached hydrogen (secondary N) is 3. The number of pyridine rings is 1. The average Bonchev–Trinajstić information content (AvgIpc) is 2.50. The third kappa shape index (κ3) is 6.08. The van der Waals surface area contributed by atoms with Gasteiger partial charge in [0, 0.05) is 5.69 Å². The molecule has 0 saturated heterocycles. The van der Waals surface area contributed by atoms with Gasteiger partial charge in [-0.1, -0.05) is 17.7 Å². The van der Waals surface area contributed by atoms with Crippen LogP contribution in [0.2, 0.25) is 0 Å². The van der Waals surface area contributed by atoms with E-state index in [0.29, 0.717) is 22.9 Å². The fourth-order valence-corrected chi connectivity index (χ4v) is 2.09. The molecule has 0 aliphatic heterocycles. The molecule has 0 atom stereocenters. The number of ether oxygens (including phenoxy) is 1. The molecule has 7 heteroatoms. The molecule has 0 unspecified atom stereocenters. The molecule has 1 aromatic carbocycles. The van der Waals surface area contributed by atoms with Crippen molar-refractivity contribution in [3.8, 4) is 0 Å². The maximum Gasteiger partial charge on any atom is 0.413 e. The molecule has 3 N–H and O–H groups in total. The van der Waals surface area contributed by atoms with Crippen LogP contribution in [-0.2, 0) is 4.74 Å². The van der Waals surface area contributed by atoms with Crippen molar-refractivity contribution in [2.45, 2.75) is 40.2 Å². The topological polar surface area (TPSA) is 92.4 Å². The summed E-state index contributed by atoms with van der Waals surface area (Å²) in [7, 11) is 0. The summed E-state index contributed by atoms with van der Waals surface area (Å²) in [5, 5.41) is 8.05. The molecular weight excluding hydrogens is 332 g/mol. The molecule has 1 heterocycles. The lowest BCUT2D eigenvalue weighted by atomic mass is 10.2. The number of anilines is 3. The Kier molecular flexibility index (Phi) is 5.82. The molecule has 138 valence electrons. The van der Waals surface area contributed by atoms with E-state index in [0.717, 1.165) is 5.56 Å². The number of rotatable bonds is 3. The zero-order valence-electron chi connectivity index (χ0n) is 15.6. The maximum atomic E-state index is 12.1. The van der Waals surface area contributed by atoms with Crippen molar-refractivity contribution in [1.29, 1.82) is 0 Å². The Morgan fingerprint density at radius 1 is 0.923 bits per heavy atom. The zero-order chi connectivity index (χ0) is 19.3. The van der Waals surface area contributed by atoms with Gasteiger partial charge >= 0.3 is 12.1 Å². The molecular formula is C19H24N4O3. The molecule has 0 aliphatic carbocycles. The third-order valence-electron chi connectivity index (χ3n) is 3.27. The Morgan fingerprint density at radius 3 is 2.15 bits per heavy atom. The normalized spacial score (nSPS) is 10.8. The molecule has 0 radical (unpaired) electrons. The van der Waals surface area contributed by atoms with Crippen LogP contribution < -0.4 is 16.0 Å². The lowest BCUT2D eigenvalue weighted by Gasteiger charge is -2.19. The number of hydrogen-bond donors (Lipinski definition) is 3. The number of amides is 3. The number of benzene rings is 1. The Bertz CT molecular complexity index is 795. The molecule has 26 heavy (non-hydrogen) atoms. The van der Waals surface area contributed by atoms with Gasteiger partial charge in [-0.15, -0.1) is 0 Å². The molecule has 1 aromatic heterocycles. The van der Waals surface area contributed by atoms with Crippen LogP contribution in [0.3, 0.4) is 0 Å². The van der Waals surface area contributed by atoms with Crippen LogP contribution in [0.15, 0.2) is 36.4 Å². The third-order valence-corrected chi connectivity index (χ3v) is 3.27. The minimum Gasteiger partial charge on any atom is -0.444 e. The summed E-state index contributed by atoms with van der Waals surface area (Å²) in [5.41, 5.74) is 2.34. The van der Waals surface area contributed by atoms with Crippen LogP contribution in [0.5, 0.6) is 0 Å².